The quantitative estimate of drug-likeness (QED) is 0.711. The van der Waals surface area contributed by atoms with Crippen LogP contribution in [0.2, 0.25) is 5.02 Å². The highest BCUT2D eigenvalue weighted by Gasteiger charge is 2.19. The van der Waals surface area contributed by atoms with Crippen molar-refractivity contribution >= 4 is 32.4 Å². The van der Waals surface area contributed by atoms with Crippen molar-refractivity contribution in [1.82, 2.24) is 4.72 Å². The van der Waals surface area contributed by atoms with Crippen LogP contribution in [0, 0.1) is 5.82 Å². The maximum absolute atomic E-state index is 13.2. The van der Waals surface area contributed by atoms with E-state index in [0.29, 0.717) is 5.56 Å². The van der Waals surface area contributed by atoms with Crippen molar-refractivity contribution in [2.24, 2.45) is 0 Å². The Hall–Kier alpha value is -1.99. The lowest BCUT2D eigenvalue weighted by atomic mass is 10.0. The van der Waals surface area contributed by atoms with Crippen LogP contribution in [0.3, 0.4) is 0 Å². The molecule has 0 bridgehead atoms. The van der Waals surface area contributed by atoms with Crippen molar-refractivity contribution in [3.63, 3.8) is 0 Å². The Kier molecular flexibility index (Phi) is 5.06. The summed E-state index contributed by atoms with van der Waals surface area (Å²) in [6, 6.07) is 16.1. The molecule has 0 aliphatic carbocycles. The van der Waals surface area contributed by atoms with Gasteiger partial charge in [-0.2, -0.15) is 0 Å². The third-order valence-corrected chi connectivity index (χ3v) is 5.56. The average molecular weight is 380 g/mol. The summed E-state index contributed by atoms with van der Waals surface area (Å²) in [5.74, 6) is -0.698. The van der Waals surface area contributed by atoms with Gasteiger partial charge in [0, 0.05) is 6.54 Å². The predicted molar refractivity (Wildman–Crippen MR) is 95.5 cm³/mol. The van der Waals surface area contributed by atoms with Gasteiger partial charge in [0.15, 0.2) is 0 Å². The van der Waals surface area contributed by atoms with Crippen molar-refractivity contribution < 1.29 is 17.9 Å². The predicted octanol–water partition coefficient (Wildman–Crippen LogP) is 3.64. The summed E-state index contributed by atoms with van der Waals surface area (Å²) in [6.07, 6.45) is -1.03. The molecule has 3 rings (SSSR count). The van der Waals surface area contributed by atoms with E-state index in [0.717, 1.165) is 29.0 Å². The monoisotopic (exact) mass is 379 g/mol. The van der Waals surface area contributed by atoms with Crippen LogP contribution in [-0.4, -0.2) is 20.1 Å². The largest absolute Gasteiger partial charge is 0.387 e. The fourth-order valence-corrected chi connectivity index (χ4v) is 3.88. The molecule has 2 N–H and O–H groups in total. The first-order valence-electron chi connectivity index (χ1n) is 7.49. The van der Waals surface area contributed by atoms with Crippen molar-refractivity contribution in [1.29, 1.82) is 0 Å². The molecule has 0 radical (unpaired) electrons. The number of aliphatic hydroxyl groups is 1. The fourth-order valence-electron chi connectivity index (χ4n) is 2.57. The third kappa shape index (κ3) is 3.82. The molecule has 0 aliphatic heterocycles. The Morgan fingerprint density at radius 2 is 1.80 bits per heavy atom. The van der Waals surface area contributed by atoms with Crippen molar-refractivity contribution in [2.45, 2.75) is 11.0 Å². The van der Waals surface area contributed by atoms with Crippen LogP contribution in [0.15, 0.2) is 65.6 Å². The number of sulfonamides is 1. The zero-order valence-electron chi connectivity index (χ0n) is 13.0. The first-order chi connectivity index (χ1) is 11.9. The minimum Gasteiger partial charge on any atom is -0.387 e. The Morgan fingerprint density at radius 3 is 2.56 bits per heavy atom. The number of fused-ring (bicyclic) bond motifs is 1. The Labute approximate surface area is 149 Å². The highest BCUT2D eigenvalue weighted by Crippen LogP contribution is 2.24. The van der Waals surface area contributed by atoms with Gasteiger partial charge in [0.1, 0.15) is 5.82 Å². The molecule has 0 heterocycles. The summed E-state index contributed by atoms with van der Waals surface area (Å²) >= 11 is 5.63. The SMILES string of the molecule is O=S(=O)(NCC(O)c1cccc2ccccc12)c1ccc(F)c(Cl)c1. The molecule has 0 aromatic heterocycles. The van der Waals surface area contributed by atoms with Crippen LogP contribution in [-0.2, 0) is 10.0 Å². The van der Waals surface area contributed by atoms with Crippen molar-refractivity contribution in [2.75, 3.05) is 6.54 Å². The van der Waals surface area contributed by atoms with E-state index in [4.69, 9.17) is 11.6 Å². The zero-order valence-corrected chi connectivity index (χ0v) is 14.6. The number of benzene rings is 3. The summed E-state index contributed by atoms with van der Waals surface area (Å²) in [6.45, 7) is -0.217. The maximum Gasteiger partial charge on any atom is 0.240 e. The van der Waals surface area contributed by atoms with Crippen LogP contribution in [0.4, 0.5) is 4.39 Å². The molecule has 4 nitrogen and oxygen atoms in total. The van der Waals surface area contributed by atoms with E-state index in [1.54, 1.807) is 12.1 Å². The molecular weight excluding hydrogens is 365 g/mol. The fraction of sp³-hybridized carbons (Fsp3) is 0.111. The van der Waals surface area contributed by atoms with Gasteiger partial charge in [0.25, 0.3) is 0 Å². The molecule has 1 atom stereocenters. The van der Waals surface area contributed by atoms with E-state index in [1.165, 1.54) is 0 Å². The van der Waals surface area contributed by atoms with Gasteiger partial charge in [0.05, 0.1) is 16.0 Å². The standard InChI is InChI=1S/C18H15ClFNO3S/c19-16-10-13(8-9-17(16)20)25(23,24)21-11-18(22)15-7-3-5-12-4-1-2-6-14(12)15/h1-10,18,21-22H,11H2. The number of hydrogen-bond acceptors (Lipinski definition) is 3. The first kappa shape index (κ1) is 17.8. The van der Waals surface area contributed by atoms with Gasteiger partial charge in [-0.3, -0.25) is 0 Å². The average Bonchev–Trinajstić information content (AvgIpc) is 2.61. The van der Waals surface area contributed by atoms with E-state index >= 15 is 0 Å². The molecule has 3 aromatic carbocycles. The highest BCUT2D eigenvalue weighted by molar-refractivity contribution is 7.89. The Bertz CT molecular complexity index is 1020. The highest BCUT2D eigenvalue weighted by atomic mass is 35.5. The second-order valence-electron chi connectivity index (χ2n) is 5.51. The molecule has 0 amide bonds. The van der Waals surface area contributed by atoms with Crippen LogP contribution in [0.25, 0.3) is 10.8 Å². The van der Waals surface area contributed by atoms with E-state index in [2.05, 4.69) is 4.72 Å². The zero-order chi connectivity index (χ0) is 18.0. The molecule has 0 fully saturated rings. The van der Waals surface area contributed by atoms with Gasteiger partial charge in [-0.15, -0.1) is 0 Å². The molecule has 0 saturated carbocycles. The first-order valence-corrected chi connectivity index (χ1v) is 9.35. The summed E-state index contributed by atoms with van der Waals surface area (Å²) in [7, 11) is -3.92. The Balaban J connectivity index is 1.81. The number of hydrogen-bond donors (Lipinski definition) is 2. The minimum absolute atomic E-state index is 0.163. The van der Waals surface area contributed by atoms with Gasteiger partial charge in [0.2, 0.25) is 10.0 Å². The van der Waals surface area contributed by atoms with Crippen LogP contribution < -0.4 is 4.72 Å². The molecule has 0 aliphatic rings. The molecule has 3 aromatic rings. The van der Waals surface area contributed by atoms with E-state index in [1.807, 2.05) is 30.3 Å². The molecule has 25 heavy (non-hydrogen) atoms. The second kappa shape index (κ2) is 7.09. The summed E-state index contributed by atoms with van der Waals surface area (Å²) in [4.78, 5) is -0.163. The van der Waals surface area contributed by atoms with Gasteiger partial charge in [-0.05, 0) is 34.5 Å². The van der Waals surface area contributed by atoms with Crippen molar-refractivity contribution in [3.05, 3.63) is 77.1 Å². The number of rotatable bonds is 5. The van der Waals surface area contributed by atoms with E-state index < -0.39 is 21.9 Å². The van der Waals surface area contributed by atoms with Gasteiger partial charge in [-0.1, -0.05) is 54.1 Å². The second-order valence-corrected chi connectivity index (χ2v) is 7.69. The van der Waals surface area contributed by atoms with Crippen molar-refractivity contribution in [3.8, 4) is 0 Å². The summed E-state index contributed by atoms with van der Waals surface area (Å²) in [5, 5.41) is 11.9. The molecule has 1 unspecified atom stereocenters. The normalized spacial score (nSPS) is 13.1. The van der Waals surface area contributed by atoms with Gasteiger partial charge < -0.3 is 5.11 Å². The molecule has 130 valence electrons. The Morgan fingerprint density at radius 1 is 1.08 bits per heavy atom. The molecule has 7 heteroatoms. The van der Waals surface area contributed by atoms with Crippen LogP contribution >= 0.6 is 11.6 Å². The summed E-state index contributed by atoms with van der Waals surface area (Å²) < 4.78 is 40.1. The van der Waals surface area contributed by atoms with E-state index in [-0.39, 0.29) is 16.5 Å². The number of aliphatic hydroxyl groups excluding tert-OH is 1. The lowest BCUT2D eigenvalue weighted by Gasteiger charge is -2.15. The number of nitrogens with one attached hydrogen (secondary N) is 1. The third-order valence-electron chi connectivity index (χ3n) is 3.85. The van der Waals surface area contributed by atoms with E-state index in [9.17, 15) is 17.9 Å². The topological polar surface area (TPSA) is 66.4 Å². The van der Waals surface area contributed by atoms with Crippen LogP contribution in [0.5, 0.6) is 0 Å². The maximum atomic E-state index is 13.2. The van der Waals surface area contributed by atoms with Gasteiger partial charge >= 0.3 is 0 Å². The lowest BCUT2D eigenvalue weighted by molar-refractivity contribution is 0.183. The van der Waals surface area contributed by atoms with Crippen LogP contribution in [0.1, 0.15) is 11.7 Å². The number of halogens is 2. The van der Waals surface area contributed by atoms with Gasteiger partial charge in [-0.25, -0.2) is 17.5 Å². The minimum atomic E-state index is -3.92. The molecule has 0 saturated heterocycles. The molecular formula is C18H15ClFNO3S. The summed E-state index contributed by atoms with van der Waals surface area (Å²) in [5.41, 5.74) is 0.623. The lowest BCUT2D eigenvalue weighted by Crippen LogP contribution is -2.28. The smallest absolute Gasteiger partial charge is 0.240 e. The molecule has 0 spiro atoms.